The maximum atomic E-state index is 11.3. The van der Waals surface area contributed by atoms with Gasteiger partial charge in [0.25, 0.3) is 0 Å². The van der Waals surface area contributed by atoms with Gasteiger partial charge in [0.1, 0.15) is 0 Å². The molecule has 1 unspecified atom stereocenters. The van der Waals surface area contributed by atoms with Crippen molar-refractivity contribution in [2.75, 3.05) is 6.16 Å². The van der Waals surface area contributed by atoms with Gasteiger partial charge in [-0.3, -0.25) is 9.13 Å². The first kappa shape index (κ1) is 19.3. The number of hydrogen-bond acceptors (Lipinski definition) is 2. The third-order valence-electron chi connectivity index (χ3n) is 3.10. The van der Waals surface area contributed by atoms with E-state index in [0.29, 0.717) is 32.1 Å². The van der Waals surface area contributed by atoms with Gasteiger partial charge in [0.2, 0.25) is 0 Å². The van der Waals surface area contributed by atoms with Gasteiger partial charge in [-0.25, -0.2) is 0 Å². The Labute approximate surface area is 114 Å². The summed E-state index contributed by atoms with van der Waals surface area (Å²) in [6, 6.07) is 0. The van der Waals surface area contributed by atoms with E-state index < -0.39 is 20.9 Å². The van der Waals surface area contributed by atoms with Crippen LogP contribution in [0.2, 0.25) is 0 Å². The van der Waals surface area contributed by atoms with Crippen LogP contribution in [0.3, 0.4) is 0 Å². The fourth-order valence-electron chi connectivity index (χ4n) is 1.99. The van der Waals surface area contributed by atoms with Crippen LogP contribution >= 0.6 is 15.2 Å². The summed E-state index contributed by atoms with van der Waals surface area (Å²) in [5, 5.41) is 0. The average molecular weight is 316 g/mol. The quantitative estimate of drug-likeness (QED) is 0.344. The monoisotopic (exact) mass is 316 g/mol. The van der Waals surface area contributed by atoms with Crippen molar-refractivity contribution in [2.45, 2.75) is 63.9 Å². The molecular weight excluding hydrogens is 290 g/mol. The van der Waals surface area contributed by atoms with Gasteiger partial charge in [0, 0.05) is 6.16 Å². The number of hydrogen-bond donors (Lipinski definition) is 4. The van der Waals surface area contributed by atoms with Crippen LogP contribution in [0.1, 0.15) is 58.3 Å². The summed E-state index contributed by atoms with van der Waals surface area (Å²) in [5.41, 5.74) is -0.603. The minimum Gasteiger partial charge on any atom is -0.324 e. The molecule has 0 rings (SSSR count). The molecule has 0 aliphatic heterocycles. The molecule has 0 radical (unpaired) electrons. The van der Waals surface area contributed by atoms with E-state index in [9.17, 15) is 18.9 Å². The molecule has 0 aromatic carbocycles. The molecule has 0 saturated carbocycles. The molecule has 0 aliphatic rings. The molecule has 0 saturated heterocycles. The van der Waals surface area contributed by atoms with Gasteiger partial charge in [0.15, 0.2) is 0 Å². The zero-order valence-corrected chi connectivity index (χ0v) is 13.2. The van der Waals surface area contributed by atoms with E-state index in [1.807, 2.05) is 6.92 Å². The van der Waals surface area contributed by atoms with Crippen molar-refractivity contribution in [1.82, 2.24) is 0 Å². The fraction of sp³-hybridized carbons (Fsp3) is 1.00. The summed E-state index contributed by atoms with van der Waals surface area (Å²) >= 11 is 0. The van der Waals surface area contributed by atoms with Gasteiger partial charge in [-0.1, -0.05) is 39.0 Å². The van der Waals surface area contributed by atoms with E-state index in [1.54, 1.807) is 0 Å². The highest BCUT2D eigenvalue weighted by Crippen LogP contribution is 2.46. The molecule has 116 valence electrons. The van der Waals surface area contributed by atoms with Crippen LogP contribution in [-0.4, -0.2) is 31.4 Å². The van der Waals surface area contributed by atoms with Gasteiger partial charge < -0.3 is 19.6 Å². The number of rotatable bonds is 11. The number of unbranched alkanes of at least 4 members (excludes halogenated alkanes) is 4. The van der Waals surface area contributed by atoms with E-state index in [-0.39, 0.29) is 6.16 Å². The van der Waals surface area contributed by atoms with Crippen molar-refractivity contribution in [1.29, 1.82) is 0 Å². The Morgan fingerprint density at radius 3 is 1.79 bits per heavy atom. The minimum atomic E-state index is -4.05. The van der Waals surface area contributed by atoms with Crippen LogP contribution in [0.4, 0.5) is 0 Å². The van der Waals surface area contributed by atoms with Gasteiger partial charge >= 0.3 is 15.2 Å². The summed E-state index contributed by atoms with van der Waals surface area (Å²) in [6.07, 6.45) is 5.18. The van der Waals surface area contributed by atoms with Crippen LogP contribution in [-0.2, 0) is 9.13 Å². The fourth-order valence-corrected chi connectivity index (χ4v) is 3.66. The highest BCUT2D eigenvalue weighted by Gasteiger charge is 2.27. The third-order valence-corrected chi connectivity index (χ3v) is 5.47. The third kappa shape index (κ3) is 11.8. The predicted molar refractivity (Wildman–Crippen MR) is 75.4 cm³/mol. The van der Waals surface area contributed by atoms with E-state index in [2.05, 4.69) is 0 Å². The van der Waals surface area contributed by atoms with Crippen LogP contribution < -0.4 is 0 Å². The van der Waals surface area contributed by atoms with Gasteiger partial charge in [-0.15, -0.1) is 0 Å². The summed E-state index contributed by atoms with van der Waals surface area (Å²) in [6.45, 7) is 2.04. The Morgan fingerprint density at radius 2 is 1.37 bits per heavy atom. The van der Waals surface area contributed by atoms with Crippen molar-refractivity contribution in [3.63, 3.8) is 0 Å². The van der Waals surface area contributed by atoms with Crippen molar-refractivity contribution < 1.29 is 28.7 Å². The van der Waals surface area contributed by atoms with E-state index in [4.69, 9.17) is 9.79 Å². The first-order chi connectivity index (χ1) is 8.67. The smallest absolute Gasteiger partial charge is 0.324 e. The topological polar surface area (TPSA) is 115 Å². The first-order valence-electron chi connectivity index (χ1n) is 6.76. The normalized spacial score (nSPS) is 14.6. The molecule has 0 aromatic heterocycles. The lowest BCUT2D eigenvalue weighted by atomic mass is 10.1. The lowest BCUT2D eigenvalue weighted by Gasteiger charge is -2.18. The Hall–Kier alpha value is 0.300. The molecule has 19 heavy (non-hydrogen) atoms. The predicted octanol–water partition coefficient (Wildman–Crippen LogP) is 2.85. The van der Waals surface area contributed by atoms with Crippen molar-refractivity contribution in [3.05, 3.63) is 0 Å². The van der Waals surface area contributed by atoms with E-state index in [0.717, 1.165) is 19.3 Å². The largest absolute Gasteiger partial charge is 0.328 e. The Kier molecular flexibility index (Phi) is 9.42. The Bertz CT molecular complexity index is 321. The second-order valence-electron chi connectivity index (χ2n) is 4.98. The molecule has 0 aromatic rings. The molecule has 0 fully saturated rings. The molecule has 0 heterocycles. The molecule has 4 N–H and O–H groups in total. The second-order valence-corrected chi connectivity index (χ2v) is 8.66. The minimum absolute atomic E-state index is 0.149. The zero-order valence-electron chi connectivity index (χ0n) is 11.4. The maximum absolute atomic E-state index is 11.3. The SMILES string of the molecule is CCCCCC(CCCCCP(=O)(O)O)P(=O)(O)O. The van der Waals surface area contributed by atoms with Crippen LogP contribution in [0.15, 0.2) is 0 Å². The van der Waals surface area contributed by atoms with Crippen molar-refractivity contribution in [2.24, 2.45) is 0 Å². The molecule has 0 spiro atoms. The lowest BCUT2D eigenvalue weighted by Crippen LogP contribution is -2.08. The Balaban J connectivity index is 3.94. The van der Waals surface area contributed by atoms with Crippen LogP contribution in [0.5, 0.6) is 0 Å². The first-order valence-corrected chi connectivity index (χ1v) is 10.2. The molecular formula is C11H26O6P2. The van der Waals surface area contributed by atoms with Gasteiger partial charge in [-0.2, -0.15) is 0 Å². The van der Waals surface area contributed by atoms with Crippen LogP contribution in [0.25, 0.3) is 0 Å². The average Bonchev–Trinajstić information content (AvgIpc) is 2.23. The summed E-state index contributed by atoms with van der Waals surface area (Å²) in [4.78, 5) is 35.9. The van der Waals surface area contributed by atoms with E-state index >= 15 is 0 Å². The highest BCUT2D eigenvalue weighted by molar-refractivity contribution is 7.52. The molecule has 0 aliphatic carbocycles. The molecule has 8 heteroatoms. The lowest BCUT2D eigenvalue weighted by molar-refractivity contribution is 0.345. The molecule has 0 bridgehead atoms. The molecule has 1 atom stereocenters. The van der Waals surface area contributed by atoms with E-state index in [1.165, 1.54) is 0 Å². The van der Waals surface area contributed by atoms with Gasteiger partial charge in [0.05, 0.1) is 5.66 Å². The van der Waals surface area contributed by atoms with Crippen molar-refractivity contribution in [3.8, 4) is 0 Å². The molecule has 0 amide bonds. The molecule has 6 nitrogen and oxygen atoms in total. The highest BCUT2D eigenvalue weighted by atomic mass is 31.2. The van der Waals surface area contributed by atoms with Gasteiger partial charge in [-0.05, 0) is 19.3 Å². The standard InChI is InChI=1S/C11H26O6P2/c1-2-3-5-8-11(19(15,16)17)9-6-4-7-10-18(12,13)14/h11H,2-10H2,1H3,(H2,12,13,14)(H2,15,16,17). The summed E-state index contributed by atoms with van der Waals surface area (Å²) in [5.74, 6) is 0. The summed E-state index contributed by atoms with van der Waals surface area (Å²) in [7, 11) is -7.99. The second kappa shape index (κ2) is 9.28. The summed E-state index contributed by atoms with van der Waals surface area (Å²) < 4.78 is 22.0. The Morgan fingerprint density at radius 1 is 0.842 bits per heavy atom. The zero-order chi connectivity index (χ0) is 14.9. The van der Waals surface area contributed by atoms with Crippen molar-refractivity contribution >= 4 is 15.2 Å². The maximum Gasteiger partial charge on any atom is 0.328 e. The van der Waals surface area contributed by atoms with Crippen LogP contribution in [0, 0.1) is 0 Å².